The standard InChI is InChI=1S/C17H18N2O4/c1-9-5-4-8-12(14(9)20)17(23)19-18-13-15(21)10-6-2-3-7-11(10)16(13)22/h4-5,8,10-11,20-21H,2-3,6-7H2,1H3. The first-order chi connectivity index (χ1) is 11.0. The number of nitrogens with zero attached hydrogens (tertiary/aromatic N) is 2. The normalized spacial score (nSPS) is 24.3. The van der Waals surface area contributed by atoms with Gasteiger partial charge in [-0.15, -0.1) is 10.2 Å². The van der Waals surface area contributed by atoms with Crippen molar-refractivity contribution >= 4 is 11.7 Å². The van der Waals surface area contributed by atoms with Gasteiger partial charge in [0.15, 0.2) is 11.5 Å². The van der Waals surface area contributed by atoms with E-state index in [1.807, 2.05) is 0 Å². The predicted molar refractivity (Wildman–Crippen MR) is 82.1 cm³/mol. The highest BCUT2D eigenvalue weighted by Gasteiger charge is 2.43. The zero-order chi connectivity index (χ0) is 16.6. The molecule has 1 aromatic carbocycles. The van der Waals surface area contributed by atoms with Crippen molar-refractivity contribution in [2.75, 3.05) is 0 Å². The first-order valence-corrected chi connectivity index (χ1v) is 7.72. The van der Waals surface area contributed by atoms with Crippen LogP contribution in [0.1, 0.15) is 41.6 Å². The summed E-state index contributed by atoms with van der Waals surface area (Å²) in [4.78, 5) is 24.4. The monoisotopic (exact) mass is 314 g/mol. The molecule has 2 atom stereocenters. The lowest BCUT2D eigenvalue weighted by Gasteiger charge is -2.23. The Bertz CT molecular complexity index is 736. The molecule has 120 valence electrons. The highest BCUT2D eigenvalue weighted by Crippen LogP contribution is 2.43. The third-order valence-corrected chi connectivity index (χ3v) is 4.64. The number of ketones is 1. The molecule has 6 heteroatoms. The highest BCUT2D eigenvalue weighted by molar-refractivity contribution is 6.01. The van der Waals surface area contributed by atoms with Gasteiger partial charge in [-0.05, 0) is 31.4 Å². The number of aliphatic hydroxyl groups is 1. The zero-order valence-corrected chi connectivity index (χ0v) is 12.8. The van der Waals surface area contributed by atoms with Crippen molar-refractivity contribution in [1.29, 1.82) is 0 Å². The average Bonchev–Trinajstić information content (AvgIpc) is 2.80. The van der Waals surface area contributed by atoms with E-state index in [2.05, 4.69) is 10.2 Å². The number of azo groups is 1. The number of fused-ring (bicyclic) bond motifs is 1. The largest absolute Gasteiger partial charge is 0.510 e. The number of hydrogen-bond donors (Lipinski definition) is 2. The number of para-hydroxylation sites is 1. The van der Waals surface area contributed by atoms with Crippen LogP contribution in [0.25, 0.3) is 0 Å². The zero-order valence-electron chi connectivity index (χ0n) is 12.8. The summed E-state index contributed by atoms with van der Waals surface area (Å²) < 4.78 is 0. The molecule has 1 aromatic rings. The molecule has 0 aliphatic heterocycles. The summed E-state index contributed by atoms with van der Waals surface area (Å²) in [7, 11) is 0. The molecule has 1 amide bonds. The maximum absolute atomic E-state index is 12.3. The fraction of sp³-hybridized carbons (Fsp3) is 0.412. The minimum absolute atomic E-state index is 0.0247. The van der Waals surface area contributed by atoms with Crippen LogP contribution in [-0.4, -0.2) is 21.9 Å². The van der Waals surface area contributed by atoms with Gasteiger partial charge in [0.1, 0.15) is 11.5 Å². The Morgan fingerprint density at radius 1 is 1.17 bits per heavy atom. The molecule has 23 heavy (non-hydrogen) atoms. The second-order valence-electron chi connectivity index (χ2n) is 6.07. The summed E-state index contributed by atoms with van der Waals surface area (Å²) in [5.74, 6) is -1.61. The molecule has 0 spiro atoms. The number of aliphatic hydroxyl groups excluding tert-OH is 1. The van der Waals surface area contributed by atoms with Gasteiger partial charge < -0.3 is 10.2 Å². The Morgan fingerprint density at radius 2 is 1.87 bits per heavy atom. The van der Waals surface area contributed by atoms with E-state index in [1.165, 1.54) is 6.07 Å². The Kier molecular flexibility index (Phi) is 3.98. The molecule has 2 N–H and O–H groups in total. The van der Waals surface area contributed by atoms with Gasteiger partial charge in [0, 0.05) is 11.8 Å². The van der Waals surface area contributed by atoms with Crippen molar-refractivity contribution in [2.24, 2.45) is 22.1 Å². The number of Topliss-reactive ketones (excluding diaryl/α,β-unsaturated/α-hetero) is 1. The van der Waals surface area contributed by atoms with Crippen molar-refractivity contribution in [3.8, 4) is 5.75 Å². The molecule has 0 bridgehead atoms. The summed E-state index contributed by atoms with van der Waals surface area (Å²) in [6.07, 6.45) is 3.42. The lowest BCUT2D eigenvalue weighted by molar-refractivity contribution is -0.120. The van der Waals surface area contributed by atoms with Gasteiger partial charge in [-0.3, -0.25) is 9.59 Å². The number of allylic oxidation sites excluding steroid dienone is 2. The molecule has 6 nitrogen and oxygen atoms in total. The summed E-state index contributed by atoms with van der Waals surface area (Å²) in [5.41, 5.74) is 0.468. The number of rotatable bonds is 2. The topological polar surface area (TPSA) is 99.3 Å². The molecule has 0 heterocycles. The number of carbonyl (C=O) groups is 2. The van der Waals surface area contributed by atoms with Crippen molar-refractivity contribution < 1.29 is 19.8 Å². The second kappa shape index (κ2) is 5.95. The van der Waals surface area contributed by atoms with Gasteiger partial charge >= 0.3 is 0 Å². The van der Waals surface area contributed by atoms with Crippen LogP contribution in [0.3, 0.4) is 0 Å². The van der Waals surface area contributed by atoms with Crippen LogP contribution in [0.15, 0.2) is 39.9 Å². The molecule has 1 saturated carbocycles. The van der Waals surface area contributed by atoms with Crippen LogP contribution in [0.5, 0.6) is 5.75 Å². The van der Waals surface area contributed by atoms with Gasteiger partial charge in [-0.2, -0.15) is 0 Å². The number of amides is 1. The summed E-state index contributed by atoms with van der Waals surface area (Å²) >= 11 is 0. The molecule has 2 unspecified atom stereocenters. The van der Waals surface area contributed by atoms with E-state index >= 15 is 0 Å². The van der Waals surface area contributed by atoms with E-state index in [4.69, 9.17) is 0 Å². The van der Waals surface area contributed by atoms with E-state index < -0.39 is 5.91 Å². The number of carbonyl (C=O) groups excluding carboxylic acids is 2. The van der Waals surface area contributed by atoms with Crippen molar-refractivity contribution in [2.45, 2.75) is 32.6 Å². The number of phenolic OH excluding ortho intramolecular Hbond substituents is 1. The predicted octanol–water partition coefficient (Wildman–Crippen LogP) is 3.45. The average molecular weight is 314 g/mol. The van der Waals surface area contributed by atoms with E-state index in [0.29, 0.717) is 5.56 Å². The van der Waals surface area contributed by atoms with Crippen LogP contribution in [-0.2, 0) is 4.79 Å². The summed E-state index contributed by atoms with van der Waals surface area (Å²) in [6.45, 7) is 1.67. The maximum atomic E-state index is 12.3. The highest BCUT2D eigenvalue weighted by atomic mass is 16.3. The molecule has 1 fully saturated rings. The minimum atomic E-state index is -0.742. The van der Waals surface area contributed by atoms with Gasteiger partial charge in [0.05, 0.1) is 5.56 Å². The number of hydrogen-bond acceptors (Lipinski definition) is 5. The van der Waals surface area contributed by atoms with Gasteiger partial charge in [-0.1, -0.05) is 25.0 Å². The van der Waals surface area contributed by atoms with Gasteiger partial charge in [0.2, 0.25) is 0 Å². The van der Waals surface area contributed by atoms with Crippen LogP contribution in [0.4, 0.5) is 0 Å². The number of benzene rings is 1. The van der Waals surface area contributed by atoms with Crippen LogP contribution in [0.2, 0.25) is 0 Å². The van der Waals surface area contributed by atoms with Crippen LogP contribution >= 0.6 is 0 Å². The summed E-state index contributed by atoms with van der Waals surface area (Å²) in [6, 6.07) is 4.74. The number of aryl methyl sites for hydroxylation is 1. The van der Waals surface area contributed by atoms with Gasteiger partial charge in [0.25, 0.3) is 5.91 Å². The quantitative estimate of drug-likeness (QED) is 0.816. The van der Waals surface area contributed by atoms with E-state index in [1.54, 1.807) is 19.1 Å². The number of aromatic hydroxyl groups is 1. The van der Waals surface area contributed by atoms with Crippen molar-refractivity contribution in [3.63, 3.8) is 0 Å². The molecule has 2 aliphatic carbocycles. The van der Waals surface area contributed by atoms with E-state index in [9.17, 15) is 19.8 Å². The Balaban J connectivity index is 1.85. The Hall–Kier alpha value is -2.50. The first kappa shape index (κ1) is 15.4. The third-order valence-electron chi connectivity index (χ3n) is 4.64. The van der Waals surface area contributed by atoms with Crippen LogP contribution in [0, 0.1) is 18.8 Å². The van der Waals surface area contributed by atoms with E-state index in [-0.39, 0.29) is 40.4 Å². The third kappa shape index (κ3) is 2.65. The fourth-order valence-corrected chi connectivity index (χ4v) is 3.33. The lowest BCUT2D eigenvalue weighted by Crippen LogP contribution is -2.21. The molecule has 0 radical (unpaired) electrons. The molecule has 3 rings (SSSR count). The molecule has 2 aliphatic rings. The first-order valence-electron chi connectivity index (χ1n) is 7.72. The molecular formula is C17H18N2O4. The van der Waals surface area contributed by atoms with E-state index in [0.717, 1.165) is 25.7 Å². The number of phenols is 1. The minimum Gasteiger partial charge on any atom is -0.510 e. The maximum Gasteiger partial charge on any atom is 0.299 e. The second-order valence-corrected chi connectivity index (χ2v) is 6.07. The van der Waals surface area contributed by atoms with Crippen LogP contribution < -0.4 is 0 Å². The summed E-state index contributed by atoms with van der Waals surface area (Å²) in [5, 5.41) is 27.3. The Labute approximate surface area is 133 Å². The SMILES string of the molecule is Cc1cccc(C(=O)N=NC2=C(O)C3CCCCC3C2=O)c1O. The fourth-order valence-electron chi connectivity index (χ4n) is 3.33. The van der Waals surface area contributed by atoms with Crippen molar-refractivity contribution in [3.05, 3.63) is 40.8 Å². The smallest absolute Gasteiger partial charge is 0.299 e. The molecule has 0 aromatic heterocycles. The van der Waals surface area contributed by atoms with Gasteiger partial charge in [-0.25, -0.2) is 0 Å². The van der Waals surface area contributed by atoms with Crippen molar-refractivity contribution in [1.82, 2.24) is 0 Å². The lowest BCUT2D eigenvalue weighted by atomic mass is 9.80. The molecular weight excluding hydrogens is 296 g/mol. The molecule has 0 saturated heterocycles. The Morgan fingerprint density at radius 3 is 2.57 bits per heavy atom.